The van der Waals surface area contributed by atoms with Gasteiger partial charge >= 0.3 is 59.1 Å². The van der Waals surface area contributed by atoms with Gasteiger partial charge in [0, 0.05) is 0 Å². The molecule has 0 atom stereocenters. The third kappa shape index (κ3) is 56.6. The van der Waals surface area contributed by atoms with Crippen LogP contribution in [0.25, 0.3) is 0 Å². The molecule has 0 fully saturated rings. The molecule has 0 spiro atoms. The summed E-state index contributed by atoms with van der Waals surface area (Å²) in [6, 6.07) is 0. The Kier molecular flexibility index (Phi) is 17.9. The average molecular weight is 438 g/mol. The van der Waals surface area contributed by atoms with E-state index in [1.165, 1.54) is 0 Å². The van der Waals surface area contributed by atoms with Crippen LogP contribution in [0.3, 0.4) is 0 Å². The Morgan fingerprint density at radius 2 is 0.615 bits per heavy atom. The predicted octanol–water partition coefficient (Wildman–Crippen LogP) is 3.47. The summed E-state index contributed by atoms with van der Waals surface area (Å²) in [5.41, 5.74) is 0. The maximum atomic E-state index is 11.2. The molecular formula is C3H2B3F19Li-3. The molecule has 0 unspecified atom stereocenters. The van der Waals surface area contributed by atoms with E-state index in [9.17, 15) is 82.5 Å². The fourth-order valence-corrected chi connectivity index (χ4v) is 0.124. The molecule has 160 valence electrons. The molecule has 0 N–H and O–H groups in total. The van der Waals surface area contributed by atoms with Crippen molar-refractivity contribution in [1.29, 1.82) is 0 Å². The Morgan fingerprint density at radius 1 is 0.500 bits per heavy atom. The molecule has 0 amide bonds. The minimum atomic E-state index is -6.17. The van der Waals surface area contributed by atoms with Crippen molar-refractivity contribution in [3.8, 4) is 0 Å². The standard InChI is InChI=1S/C3HF7.3BF4.Li.H/c4-1(5)2(6,7)3(8,9)10;3*2-1(3,4)5;;/h1H;;;;;/q;3*-1;+1;-1. The van der Waals surface area contributed by atoms with Gasteiger partial charge in [0.2, 0.25) is 0 Å². The van der Waals surface area contributed by atoms with E-state index in [1.54, 1.807) is 0 Å². The largest absolute Gasteiger partial charge is 1.00 e. The van der Waals surface area contributed by atoms with E-state index in [0.717, 1.165) is 0 Å². The second-order valence-electron chi connectivity index (χ2n) is 2.91. The third-order valence-corrected chi connectivity index (χ3v) is 0.652. The minimum absolute atomic E-state index is 0. The van der Waals surface area contributed by atoms with Crippen molar-refractivity contribution >= 4 is 21.8 Å². The summed E-state index contributed by atoms with van der Waals surface area (Å²) in [5, 5.41) is 0. The molecule has 0 saturated heterocycles. The zero-order chi connectivity index (χ0) is 22.1. The second-order valence-corrected chi connectivity index (χ2v) is 2.91. The molecule has 26 heavy (non-hydrogen) atoms. The third-order valence-electron chi connectivity index (χ3n) is 0.652. The smallest absolute Gasteiger partial charge is 1.00 e. The molecule has 0 aliphatic rings. The molecule has 0 saturated carbocycles. The van der Waals surface area contributed by atoms with Crippen molar-refractivity contribution in [2.45, 2.75) is 18.5 Å². The summed E-state index contributed by atoms with van der Waals surface area (Å²) in [6.07, 6.45) is -10.9. The van der Waals surface area contributed by atoms with E-state index in [2.05, 4.69) is 0 Å². The number of halogens is 19. The van der Waals surface area contributed by atoms with Crippen molar-refractivity contribution < 1.29 is 103 Å². The molecule has 0 bridgehead atoms. The van der Waals surface area contributed by atoms with Crippen molar-refractivity contribution in [3.63, 3.8) is 0 Å². The summed E-state index contributed by atoms with van der Waals surface area (Å²) in [5.74, 6) is -5.90. The van der Waals surface area contributed by atoms with Crippen LogP contribution in [0, 0.1) is 0 Å². The molecule has 0 aromatic carbocycles. The van der Waals surface area contributed by atoms with Crippen LogP contribution in [0.15, 0.2) is 0 Å². The zero-order valence-electron chi connectivity index (χ0n) is 12.5. The van der Waals surface area contributed by atoms with E-state index >= 15 is 0 Å². The molecule has 0 aliphatic heterocycles. The van der Waals surface area contributed by atoms with Crippen LogP contribution in [0.4, 0.5) is 82.5 Å². The van der Waals surface area contributed by atoms with Gasteiger partial charge in [0.05, 0.1) is 0 Å². The predicted molar refractivity (Wildman–Crippen MR) is 48.7 cm³/mol. The summed E-state index contributed by atoms with van der Waals surface area (Å²) >= 11 is 0. The van der Waals surface area contributed by atoms with Gasteiger partial charge in [0.25, 0.3) is 0 Å². The molecule has 23 heteroatoms. The molecule has 0 aliphatic carbocycles. The normalized spacial score (nSPS) is 12.5. The van der Waals surface area contributed by atoms with E-state index < -0.39 is 40.3 Å². The average Bonchev–Trinajstić information content (AvgIpc) is 2.05. The van der Waals surface area contributed by atoms with Gasteiger partial charge in [0.15, 0.2) is 0 Å². The Morgan fingerprint density at radius 3 is 0.615 bits per heavy atom. The summed E-state index contributed by atoms with van der Waals surface area (Å²) in [6.45, 7) is 0. The maximum absolute atomic E-state index is 11.2. The van der Waals surface area contributed by atoms with E-state index in [4.69, 9.17) is 0 Å². The quantitative estimate of drug-likeness (QED) is 0.435. The fraction of sp³-hybridized carbons (Fsp3) is 1.00. The van der Waals surface area contributed by atoms with Gasteiger partial charge in [-0.15, -0.1) is 0 Å². The monoisotopic (exact) mass is 439 g/mol. The maximum Gasteiger partial charge on any atom is 1.00 e. The summed E-state index contributed by atoms with van der Waals surface area (Å²) < 4.78 is 194. The van der Waals surface area contributed by atoms with Gasteiger partial charge in [-0.1, -0.05) is 0 Å². The summed E-state index contributed by atoms with van der Waals surface area (Å²) in [4.78, 5) is 0. The first-order valence-electron chi connectivity index (χ1n) is 4.54. The van der Waals surface area contributed by atoms with Crippen LogP contribution in [0.1, 0.15) is 1.43 Å². The van der Waals surface area contributed by atoms with Gasteiger partial charge in [0.1, 0.15) is 0 Å². The van der Waals surface area contributed by atoms with Crippen molar-refractivity contribution in [1.82, 2.24) is 0 Å². The Hall–Kier alpha value is -0.538. The Labute approximate surface area is 144 Å². The Bertz CT molecular complexity index is 281. The van der Waals surface area contributed by atoms with Gasteiger partial charge in [-0.25, -0.2) is 8.78 Å². The number of hydrogen-bond donors (Lipinski definition) is 0. The van der Waals surface area contributed by atoms with E-state index in [0.29, 0.717) is 0 Å². The van der Waals surface area contributed by atoms with E-state index in [1.807, 2.05) is 0 Å². The molecule has 0 nitrogen and oxygen atoms in total. The topological polar surface area (TPSA) is 0 Å². The van der Waals surface area contributed by atoms with E-state index in [-0.39, 0.29) is 20.3 Å². The molecule has 0 rings (SSSR count). The number of alkyl halides is 7. The van der Waals surface area contributed by atoms with Gasteiger partial charge in [-0.05, 0) is 0 Å². The van der Waals surface area contributed by atoms with Gasteiger partial charge in [-0.2, -0.15) is 22.0 Å². The SMILES string of the molecule is FC(F)C(F)(F)C(F)(F)F.F[B-](F)(F)F.F[B-](F)(F)F.F[B-](F)(F)F.[H-].[Li+]. The van der Waals surface area contributed by atoms with Crippen molar-refractivity contribution in [3.05, 3.63) is 0 Å². The van der Waals surface area contributed by atoms with Crippen molar-refractivity contribution in [2.24, 2.45) is 0 Å². The first-order chi connectivity index (χ1) is 10.2. The summed E-state index contributed by atoms with van der Waals surface area (Å²) in [7, 11) is -18.0. The fourth-order valence-electron chi connectivity index (χ4n) is 0.124. The van der Waals surface area contributed by atoms with Crippen LogP contribution < -0.4 is 18.9 Å². The van der Waals surface area contributed by atoms with Crippen LogP contribution in [-0.2, 0) is 0 Å². The van der Waals surface area contributed by atoms with Crippen LogP contribution in [0.5, 0.6) is 0 Å². The van der Waals surface area contributed by atoms with Gasteiger partial charge < -0.3 is 53.2 Å². The molecule has 0 radical (unpaired) electrons. The molecule has 0 heterocycles. The van der Waals surface area contributed by atoms with Crippen LogP contribution in [0.2, 0.25) is 0 Å². The first-order valence-corrected chi connectivity index (χ1v) is 4.54. The number of rotatable bonds is 1. The first kappa shape index (κ1) is 36.4. The van der Waals surface area contributed by atoms with Crippen molar-refractivity contribution in [2.75, 3.05) is 0 Å². The molecule has 0 aromatic rings. The van der Waals surface area contributed by atoms with Crippen LogP contribution >= 0.6 is 0 Å². The zero-order valence-corrected chi connectivity index (χ0v) is 11.5. The Balaban J connectivity index is -0.0000000564. The second kappa shape index (κ2) is 12.8. The minimum Gasteiger partial charge on any atom is -1.00 e. The number of hydrogen-bond acceptors (Lipinski definition) is 0. The van der Waals surface area contributed by atoms with Gasteiger partial charge in [-0.3, -0.25) is 0 Å². The molecular weight excluding hydrogens is 436 g/mol. The van der Waals surface area contributed by atoms with Crippen LogP contribution in [-0.4, -0.2) is 40.3 Å². The molecule has 0 aromatic heterocycles.